The van der Waals surface area contributed by atoms with Crippen molar-refractivity contribution in [1.29, 1.82) is 0 Å². The topological polar surface area (TPSA) is 51.2 Å². The van der Waals surface area contributed by atoms with E-state index in [1.54, 1.807) is 6.20 Å². The van der Waals surface area contributed by atoms with Crippen LogP contribution in [0.5, 0.6) is 0 Å². The molecule has 1 aliphatic heterocycles. The second kappa shape index (κ2) is 8.44. The van der Waals surface area contributed by atoms with E-state index in [9.17, 15) is 4.79 Å². The smallest absolute Gasteiger partial charge is 0.220 e. The van der Waals surface area contributed by atoms with Gasteiger partial charge in [-0.05, 0) is 42.7 Å². The van der Waals surface area contributed by atoms with Crippen LogP contribution in [-0.4, -0.2) is 24.1 Å². The van der Waals surface area contributed by atoms with Crippen LogP contribution < -0.4 is 5.32 Å². The first kappa shape index (κ1) is 16.4. The van der Waals surface area contributed by atoms with E-state index in [0.29, 0.717) is 12.3 Å². The lowest BCUT2D eigenvalue weighted by Gasteiger charge is -2.31. The Bertz CT molecular complexity index is 479. The number of aromatic nitrogens is 1. The molecular formula is C19H28N2O2. The number of carbonyl (C=O) groups is 1. The van der Waals surface area contributed by atoms with Crippen LogP contribution in [0, 0.1) is 11.8 Å². The molecule has 4 nitrogen and oxygen atoms in total. The van der Waals surface area contributed by atoms with Gasteiger partial charge < -0.3 is 10.1 Å². The zero-order valence-corrected chi connectivity index (χ0v) is 13.9. The van der Waals surface area contributed by atoms with Gasteiger partial charge in [0.15, 0.2) is 0 Å². The third-order valence-corrected chi connectivity index (χ3v) is 5.35. The van der Waals surface area contributed by atoms with E-state index < -0.39 is 0 Å². The first-order chi connectivity index (χ1) is 11.3. The minimum absolute atomic E-state index is 0.0729. The Morgan fingerprint density at radius 1 is 1.26 bits per heavy atom. The van der Waals surface area contributed by atoms with Crippen molar-refractivity contribution < 1.29 is 9.53 Å². The van der Waals surface area contributed by atoms with Crippen molar-refractivity contribution in [1.82, 2.24) is 10.3 Å². The summed E-state index contributed by atoms with van der Waals surface area (Å²) in [5.41, 5.74) is 1.12. The number of ether oxygens (including phenoxy) is 1. The Balaban J connectivity index is 1.59. The lowest BCUT2D eigenvalue weighted by Crippen LogP contribution is -2.36. The van der Waals surface area contributed by atoms with Crippen LogP contribution in [0.25, 0.3) is 0 Å². The molecule has 1 aromatic rings. The molecule has 126 valence electrons. The molecule has 2 aliphatic rings. The first-order valence-electron chi connectivity index (χ1n) is 9.10. The maximum absolute atomic E-state index is 12.5. The molecule has 1 atom stereocenters. The molecule has 3 rings (SSSR count). The van der Waals surface area contributed by atoms with Gasteiger partial charge in [-0.1, -0.05) is 31.7 Å². The summed E-state index contributed by atoms with van der Waals surface area (Å²) in [5.74, 6) is 1.40. The summed E-state index contributed by atoms with van der Waals surface area (Å²) >= 11 is 0. The van der Waals surface area contributed by atoms with E-state index in [1.165, 1.54) is 25.7 Å². The third-order valence-electron chi connectivity index (χ3n) is 5.35. The SMILES string of the molecule is O=C(CCC1CCCC1)NC(c1cccnc1)C1CCOCC1. The van der Waals surface area contributed by atoms with Gasteiger partial charge in [-0.25, -0.2) is 0 Å². The van der Waals surface area contributed by atoms with Gasteiger partial charge in [0.1, 0.15) is 0 Å². The molecular weight excluding hydrogens is 288 g/mol. The fourth-order valence-electron chi connectivity index (χ4n) is 3.96. The minimum Gasteiger partial charge on any atom is -0.381 e. The molecule has 4 heteroatoms. The van der Waals surface area contributed by atoms with Gasteiger partial charge in [0.05, 0.1) is 6.04 Å². The molecule has 1 aliphatic carbocycles. The van der Waals surface area contributed by atoms with Crippen molar-refractivity contribution in [3.05, 3.63) is 30.1 Å². The van der Waals surface area contributed by atoms with Crippen LogP contribution in [0.15, 0.2) is 24.5 Å². The number of nitrogens with one attached hydrogen (secondary N) is 1. The van der Waals surface area contributed by atoms with Crippen molar-refractivity contribution in [3.63, 3.8) is 0 Å². The van der Waals surface area contributed by atoms with Crippen LogP contribution in [0.1, 0.15) is 63.0 Å². The predicted molar refractivity (Wildman–Crippen MR) is 89.9 cm³/mol. The van der Waals surface area contributed by atoms with Gasteiger partial charge in [0, 0.05) is 32.0 Å². The molecule has 1 amide bonds. The van der Waals surface area contributed by atoms with Crippen LogP contribution in [0.2, 0.25) is 0 Å². The second-order valence-electron chi connectivity index (χ2n) is 6.97. The van der Waals surface area contributed by atoms with E-state index in [-0.39, 0.29) is 11.9 Å². The number of amides is 1. The number of pyridine rings is 1. The highest BCUT2D eigenvalue weighted by molar-refractivity contribution is 5.76. The fourth-order valence-corrected chi connectivity index (χ4v) is 3.96. The van der Waals surface area contributed by atoms with E-state index >= 15 is 0 Å². The summed E-state index contributed by atoms with van der Waals surface area (Å²) in [7, 11) is 0. The minimum atomic E-state index is 0.0729. The molecule has 0 bridgehead atoms. The number of hydrogen-bond acceptors (Lipinski definition) is 3. The summed E-state index contributed by atoms with van der Waals surface area (Å²) in [5, 5.41) is 3.29. The summed E-state index contributed by atoms with van der Waals surface area (Å²) in [6.45, 7) is 1.58. The number of rotatable bonds is 6. The molecule has 1 N–H and O–H groups in total. The number of hydrogen-bond donors (Lipinski definition) is 1. The predicted octanol–water partition coefficient (Wildman–Crippen LogP) is 3.64. The van der Waals surface area contributed by atoms with Gasteiger partial charge >= 0.3 is 0 Å². The number of carbonyl (C=O) groups excluding carboxylic acids is 1. The van der Waals surface area contributed by atoms with Crippen LogP contribution in [-0.2, 0) is 9.53 Å². The van der Waals surface area contributed by atoms with Gasteiger partial charge in [-0.3, -0.25) is 9.78 Å². The average Bonchev–Trinajstić information content (AvgIpc) is 3.13. The van der Waals surface area contributed by atoms with Gasteiger partial charge in [-0.15, -0.1) is 0 Å². The second-order valence-corrected chi connectivity index (χ2v) is 6.97. The molecule has 2 fully saturated rings. The van der Waals surface area contributed by atoms with Gasteiger partial charge in [-0.2, -0.15) is 0 Å². The van der Waals surface area contributed by atoms with E-state index in [0.717, 1.165) is 44.0 Å². The Morgan fingerprint density at radius 2 is 2.04 bits per heavy atom. The highest BCUT2D eigenvalue weighted by Gasteiger charge is 2.27. The first-order valence-corrected chi connectivity index (χ1v) is 9.10. The third kappa shape index (κ3) is 4.77. The molecule has 0 aromatic carbocycles. The van der Waals surface area contributed by atoms with Crippen molar-refractivity contribution in [2.24, 2.45) is 11.8 Å². The van der Waals surface area contributed by atoms with Crippen molar-refractivity contribution in [3.8, 4) is 0 Å². The van der Waals surface area contributed by atoms with Crippen LogP contribution >= 0.6 is 0 Å². The monoisotopic (exact) mass is 316 g/mol. The Kier molecular flexibility index (Phi) is 6.03. The maximum Gasteiger partial charge on any atom is 0.220 e. The summed E-state index contributed by atoms with van der Waals surface area (Å²) < 4.78 is 5.48. The molecule has 1 aromatic heterocycles. The van der Waals surface area contributed by atoms with Crippen LogP contribution in [0.4, 0.5) is 0 Å². The van der Waals surface area contributed by atoms with E-state index in [4.69, 9.17) is 4.74 Å². The normalized spacial score (nSPS) is 21.2. The van der Waals surface area contributed by atoms with Crippen molar-refractivity contribution in [2.75, 3.05) is 13.2 Å². The van der Waals surface area contributed by atoms with Crippen molar-refractivity contribution >= 4 is 5.91 Å². The van der Waals surface area contributed by atoms with E-state index in [2.05, 4.69) is 16.4 Å². The molecule has 0 radical (unpaired) electrons. The summed E-state index contributed by atoms with van der Waals surface area (Å²) in [6.07, 6.45) is 12.7. The molecule has 1 saturated carbocycles. The maximum atomic E-state index is 12.5. The Labute approximate surface area is 139 Å². The van der Waals surface area contributed by atoms with E-state index in [1.807, 2.05) is 12.3 Å². The van der Waals surface area contributed by atoms with Crippen LogP contribution in [0.3, 0.4) is 0 Å². The largest absolute Gasteiger partial charge is 0.381 e. The van der Waals surface area contributed by atoms with Gasteiger partial charge in [0.2, 0.25) is 5.91 Å². The zero-order chi connectivity index (χ0) is 15.9. The average molecular weight is 316 g/mol. The Hall–Kier alpha value is -1.42. The molecule has 1 unspecified atom stereocenters. The molecule has 23 heavy (non-hydrogen) atoms. The Morgan fingerprint density at radius 3 is 2.74 bits per heavy atom. The quantitative estimate of drug-likeness (QED) is 0.872. The summed E-state index contributed by atoms with van der Waals surface area (Å²) in [4.78, 5) is 16.7. The standard InChI is InChI=1S/C19H28N2O2/c22-18(8-7-15-4-1-2-5-15)21-19(16-9-12-23-13-10-16)17-6-3-11-20-14-17/h3,6,11,14-16,19H,1-2,4-5,7-10,12-13H2,(H,21,22). The molecule has 1 saturated heterocycles. The zero-order valence-electron chi connectivity index (χ0n) is 13.9. The fraction of sp³-hybridized carbons (Fsp3) is 0.684. The molecule has 0 spiro atoms. The highest BCUT2D eigenvalue weighted by Crippen LogP contribution is 2.31. The van der Waals surface area contributed by atoms with Gasteiger partial charge in [0.25, 0.3) is 0 Å². The summed E-state index contributed by atoms with van der Waals surface area (Å²) in [6, 6.07) is 4.10. The van der Waals surface area contributed by atoms with Crippen molar-refractivity contribution in [2.45, 2.75) is 57.4 Å². The lowest BCUT2D eigenvalue weighted by molar-refractivity contribution is -0.122. The highest BCUT2D eigenvalue weighted by atomic mass is 16.5. The lowest BCUT2D eigenvalue weighted by atomic mass is 9.87. The molecule has 2 heterocycles. The number of nitrogens with zero attached hydrogens (tertiary/aromatic N) is 1.